The highest BCUT2D eigenvalue weighted by Gasteiger charge is 2.60. The van der Waals surface area contributed by atoms with Crippen molar-refractivity contribution in [2.75, 3.05) is 13.2 Å². The topological polar surface area (TPSA) is 44.8 Å². The van der Waals surface area contributed by atoms with Gasteiger partial charge in [-0.3, -0.25) is 0 Å². The zero-order valence-electron chi connectivity index (χ0n) is 16.4. The second kappa shape index (κ2) is 7.60. The van der Waals surface area contributed by atoms with Gasteiger partial charge in [-0.05, 0) is 18.6 Å². The predicted molar refractivity (Wildman–Crippen MR) is 102 cm³/mol. The maximum atomic E-state index is 12.1. The second-order valence-electron chi connectivity index (χ2n) is 8.78. The molecule has 1 fully saturated rings. The van der Waals surface area contributed by atoms with E-state index < -0.39 is 8.56 Å². The third kappa shape index (κ3) is 4.52. The van der Waals surface area contributed by atoms with E-state index in [0.717, 1.165) is 13.0 Å². The van der Waals surface area contributed by atoms with Gasteiger partial charge < -0.3 is 13.6 Å². The number of carbonyl (C=O) groups is 1. The average molecular weight is 365 g/mol. The number of ether oxygens (including phenoxy) is 1. The molecule has 1 aliphatic rings. The zero-order valence-corrected chi connectivity index (χ0v) is 17.4. The van der Waals surface area contributed by atoms with Crippen LogP contribution in [0, 0.1) is 0 Å². The summed E-state index contributed by atoms with van der Waals surface area (Å²) in [5, 5.41) is -0.0464. The molecule has 1 heterocycles. The Morgan fingerprint density at radius 1 is 1.12 bits per heavy atom. The summed E-state index contributed by atoms with van der Waals surface area (Å²) in [6.45, 7) is 14.4. The monoisotopic (exact) mass is 364 g/mol. The van der Waals surface area contributed by atoms with Gasteiger partial charge in [0.05, 0.1) is 18.3 Å². The van der Waals surface area contributed by atoms with Crippen molar-refractivity contribution in [3.8, 4) is 0 Å². The maximum Gasteiger partial charge on any atom is 0.349 e. The fraction of sp³-hybridized carbons (Fsp3) is 0.650. The molecule has 1 unspecified atom stereocenters. The van der Waals surface area contributed by atoms with E-state index in [2.05, 4.69) is 41.5 Å². The maximum absolute atomic E-state index is 12.1. The van der Waals surface area contributed by atoms with E-state index in [-0.39, 0.29) is 22.1 Å². The molecule has 4 nitrogen and oxygen atoms in total. The van der Waals surface area contributed by atoms with E-state index in [1.165, 1.54) is 0 Å². The molecule has 0 spiro atoms. The number of esters is 1. The Morgan fingerprint density at radius 3 is 2.28 bits per heavy atom. The molecule has 0 aromatic heterocycles. The number of carbonyl (C=O) groups excluding carboxylic acids is 1. The van der Waals surface area contributed by atoms with E-state index in [9.17, 15) is 4.79 Å². The Morgan fingerprint density at radius 2 is 1.72 bits per heavy atom. The van der Waals surface area contributed by atoms with Crippen LogP contribution in [0.3, 0.4) is 0 Å². The molecule has 0 aliphatic carbocycles. The number of hydrogen-bond acceptors (Lipinski definition) is 4. The highest BCUT2D eigenvalue weighted by atomic mass is 28.4. The summed E-state index contributed by atoms with van der Waals surface area (Å²) in [4.78, 5) is 12.1. The Kier molecular flexibility index (Phi) is 6.12. The molecule has 0 bridgehead atoms. The lowest BCUT2D eigenvalue weighted by Gasteiger charge is -2.53. The van der Waals surface area contributed by atoms with Crippen LogP contribution in [0.4, 0.5) is 0 Å². The van der Waals surface area contributed by atoms with Crippen molar-refractivity contribution in [3.05, 3.63) is 35.9 Å². The van der Waals surface area contributed by atoms with Gasteiger partial charge in [0.1, 0.15) is 0 Å². The van der Waals surface area contributed by atoms with Crippen LogP contribution in [0.2, 0.25) is 10.1 Å². The van der Waals surface area contributed by atoms with E-state index in [4.69, 9.17) is 13.6 Å². The van der Waals surface area contributed by atoms with Gasteiger partial charge in [0.25, 0.3) is 0 Å². The summed E-state index contributed by atoms with van der Waals surface area (Å²) in [6.07, 6.45) is 1.65. The van der Waals surface area contributed by atoms with Gasteiger partial charge in [0.2, 0.25) is 0 Å². The molecule has 0 N–H and O–H groups in total. The molecular weight excluding hydrogens is 332 g/mol. The first-order valence-corrected chi connectivity index (χ1v) is 10.9. The quantitative estimate of drug-likeness (QED) is 0.552. The standard InChI is InChI=1S/C20H32O4Si/c1-19(2,3)25(20(4,5)6)23-15-13-17(24-25)12-14-22-18(21)16-10-8-7-9-11-16/h7-11,17H,12-15H2,1-6H3. The van der Waals surface area contributed by atoms with Crippen LogP contribution in [0.1, 0.15) is 64.7 Å². The minimum atomic E-state index is -2.43. The Balaban J connectivity index is 1.96. The number of rotatable bonds is 4. The first-order chi connectivity index (χ1) is 11.6. The second-order valence-corrected chi connectivity index (χ2v) is 13.5. The summed E-state index contributed by atoms with van der Waals surface area (Å²) in [6, 6.07) is 9.10. The van der Waals surface area contributed by atoms with Gasteiger partial charge in [-0.25, -0.2) is 4.79 Å². The Labute approximate surface area is 153 Å². The van der Waals surface area contributed by atoms with Crippen LogP contribution < -0.4 is 0 Å². The lowest BCUT2D eigenvalue weighted by atomic mass is 10.2. The fourth-order valence-corrected chi connectivity index (χ4v) is 8.72. The Bertz CT molecular complexity index is 558. The smallest absolute Gasteiger partial charge is 0.349 e. The molecule has 140 valence electrons. The van der Waals surface area contributed by atoms with Gasteiger partial charge in [0.15, 0.2) is 0 Å². The molecule has 1 aromatic carbocycles. The molecule has 25 heavy (non-hydrogen) atoms. The molecular formula is C20H32O4Si. The molecule has 0 amide bonds. The van der Waals surface area contributed by atoms with E-state index in [1.807, 2.05) is 18.2 Å². The third-order valence-electron chi connectivity index (χ3n) is 4.74. The van der Waals surface area contributed by atoms with Gasteiger partial charge in [-0.15, -0.1) is 0 Å². The molecule has 2 rings (SSSR count). The molecule has 1 saturated heterocycles. The molecule has 0 saturated carbocycles. The highest BCUT2D eigenvalue weighted by Crippen LogP contribution is 2.54. The van der Waals surface area contributed by atoms with Crippen LogP contribution in [0.5, 0.6) is 0 Å². The lowest BCUT2D eigenvalue weighted by Crippen LogP contribution is -2.61. The summed E-state index contributed by atoms with van der Waals surface area (Å²) in [7, 11) is -2.43. The molecule has 1 aliphatic heterocycles. The third-order valence-corrected chi connectivity index (χ3v) is 9.96. The molecule has 1 atom stereocenters. The molecule has 0 radical (unpaired) electrons. The summed E-state index contributed by atoms with van der Waals surface area (Å²) in [5.41, 5.74) is 0.587. The average Bonchev–Trinajstić information content (AvgIpc) is 2.54. The SMILES string of the molecule is CC(C)(C)[Si]1(C(C)(C)C)OCCC(CCOC(=O)c2ccccc2)O1. The van der Waals surface area contributed by atoms with Crippen molar-refractivity contribution >= 4 is 14.5 Å². The zero-order chi connectivity index (χ0) is 18.7. The normalized spacial score (nSPS) is 21.0. The van der Waals surface area contributed by atoms with Crippen LogP contribution >= 0.6 is 0 Å². The van der Waals surface area contributed by atoms with Gasteiger partial charge in [0, 0.05) is 23.1 Å². The van der Waals surface area contributed by atoms with Crippen molar-refractivity contribution in [2.45, 2.75) is 70.6 Å². The molecule has 1 aromatic rings. The van der Waals surface area contributed by atoms with Crippen LogP contribution in [0.25, 0.3) is 0 Å². The number of benzene rings is 1. The van der Waals surface area contributed by atoms with E-state index in [1.54, 1.807) is 12.1 Å². The van der Waals surface area contributed by atoms with Crippen molar-refractivity contribution in [1.82, 2.24) is 0 Å². The van der Waals surface area contributed by atoms with Gasteiger partial charge in [-0.1, -0.05) is 59.7 Å². The van der Waals surface area contributed by atoms with Crippen LogP contribution in [-0.2, 0) is 13.6 Å². The lowest BCUT2D eigenvalue weighted by molar-refractivity contribution is 0.00303. The fourth-order valence-electron chi connectivity index (χ4n) is 3.72. The van der Waals surface area contributed by atoms with Crippen molar-refractivity contribution in [3.63, 3.8) is 0 Å². The minimum absolute atomic E-state index is 0.0232. The number of hydrogen-bond donors (Lipinski definition) is 0. The summed E-state index contributed by atoms with van der Waals surface area (Å²) >= 11 is 0. The minimum Gasteiger partial charge on any atom is -0.462 e. The highest BCUT2D eigenvalue weighted by molar-refractivity contribution is 6.73. The predicted octanol–water partition coefficient (Wildman–Crippen LogP) is 5.08. The van der Waals surface area contributed by atoms with E-state index >= 15 is 0 Å². The van der Waals surface area contributed by atoms with Crippen molar-refractivity contribution < 1.29 is 18.4 Å². The first-order valence-electron chi connectivity index (χ1n) is 9.11. The summed E-state index contributed by atoms with van der Waals surface area (Å²) in [5.74, 6) is -0.275. The largest absolute Gasteiger partial charge is 0.462 e. The first kappa shape index (κ1) is 20.1. The van der Waals surface area contributed by atoms with Crippen LogP contribution in [-0.4, -0.2) is 33.8 Å². The summed E-state index contributed by atoms with van der Waals surface area (Å²) < 4.78 is 18.4. The van der Waals surface area contributed by atoms with Crippen molar-refractivity contribution in [2.24, 2.45) is 0 Å². The Hall–Kier alpha value is -1.17. The van der Waals surface area contributed by atoms with Crippen LogP contribution in [0.15, 0.2) is 30.3 Å². The van der Waals surface area contributed by atoms with Gasteiger partial charge in [-0.2, -0.15) is 0 Å². The van der Waals surface area contributed by atoms with Gasteiger partial charge >= 0.3 is 14.5 Å². The van der Waals surface area contributed by atoms with E-state index in [0.29, 0.717) is 18.6 Å². The molecule has 5 heteroatoms. The van der Waals surface area contributed by atoms with Crippen molar-refractivity contribution in [1.29, 1.82) is 0 Å².